The van der Waals surface area contributed by atoms with E-state index in [-0.39, 0.29) is 36.8 Å². The lowest BCUT2D eigenvalue weighted by molar-refractivity contribution is -0.137. The number of hydrogen-bond donors (Lipinski definition) is 2. The van der Waals surface area contributed by atoms with Crippen LogP contribution in [0.25, 0.3) is 10.9 Å². The normalized spacial score (nSPS) is 13.6. The summed E-state index contributed by atoms with van der Waals surface area (Å²) in [6, 6.07) is 9.29. The molecule has 0 aliphatic heterocycles. The zero-order valence-corrected chi connectivity index (χ0v) is 16.8. The van der Waals surface area contributed by atoms with E-state index in [0.29, 0.717) is 22.3 Å². The van der Waals surface area contributed by atoms with E-state index in [9.17, 15) is 22.8 Å². The summed E-state index contributed by atoms with van der Waals surface area (Å²) in [5.41, 5.74) is -0.0259. The molecule has 10 heteroatoms. The lowest BCUT2D eigenvalue weighted by atomic mass is 10.1. The molecule has 0 radical (unpaired) electrons. The Balaban J connectivity index is 1.28. The number of carbonyl (C=O) groups is 2. The number of aromatic nitrogens is 2. The van der Waals surface area contributed by atoms with Crippen molar-refractivity contribution in [2.45, 2.75) is 19.0 Å². The molecular formula is C22H19F3N4O3. The summed E-state index contributed by atoms with van der Waals surface area (Å²) in [5.74, 6) is 0.132. The minimum atomic E-state index is -4.42. The van der Waals surface area contributed by atoms with Gasteiger partial charge in [0, 0.05) is 29.1 Å². The van der Waals surface area contributed by atoms with Crippen LogP contribution in [0.2, 0.25) is 0 Å². The highest BCUT2D eigenvalue weighted by molar-refractivity contribution is 5.97. The van der Waals surface area contributed by atoms with E-state index in [1.807, 2.05) is 0 Å². The first kappa shape index (κ1) is 21.5. The monoisotopic (exact) mass is 444 g/mol. The van der Waals surface area contributed by atoms with Crippen molar-refractivity contribution in [1.82, 2.24) is 15.3 Å². The molecule has 2 amide bonds. The second-order valence-electron chi connectivity index (χ2n) is 7.35. The second-order valence-corrected chi connectivity index (χ2v) is 7.35. The number of anilines is 1. The maximum Gasteiger partial charge on any atom is 0.416 e. The fourth-order valence-electron chi connectivity index (χ4n) is 3.00. The SMILES string of the molecule is O=C(NCCOc1ccc2cc(C(F)(F)F)ccc2n1)c1ccnc(NC(=O)C2CC2)c1. The number of carbonyl (C=O) groups excluding carboxylic acids is 2. The summed E-state index contributed by atoms with van der Waals surface area (Å²) in [7, 11) is 0. The molecule has 0 spiro atoms. The first-order valence-corrected chi connectivity index (χ1v) is 9.95. The van der Waals surface area contributed by atoms with Crippen LogP contribution in [-0.4, -0.2) is 34.9 Å². The number of rotatable bonds is 7. The van der Waals surface area contributed by atoms with Crippen LogP contribution in [0.3, 0.4) is 0 Å². The molecule has 7 nitrogen and oxygen atoms in total. The molecule has 1 aromatic carbocycles. The van der Waals surface area contributed by atoms with Crippen molar-refractivity contribution in [1.29, 1.82) is 0 Å². The maximum absolute atomic E-state index is 12.8. The predicted molar refractivity (Wildman–Crippen MR) is 110 cm³/mol. The Bertz CT molecular complexity index is 1160. The number of hydrogen-bond acceptors (Lipinski definition) is 5. The van der Waals surface area contributed by atoms with Gasteiger partial charge in [0.25, 0.3) is 5.91 Å². The third kappa shape index (κ3) is 5.32. The van der Waals surface area contributed by atoms with Gasteiger partial charge in [-0.1, -0.05) is 0 Å². The number of amides is 2. The zero-order valence-electron chi connectivity index (χ0n) is 16.8. The van der Waals surface area contributed by atoms with E-state index >= 15 is 0 Å². The summed E-state index contributed by atoms with van der Waals surface area (Å²) in [6.07, 6.45) is -1.24. The van der Waals surface area contributed by atoms with Crippen LogP contribution < -0.4 is 15.4 Å². The average Bonchev–Trinajstić information content (AvgIpc) is 3.61. The lowest BCUT2D eigenvalue weighted by Gasteiger charge is -2.10. The molecule has 4 rings (SSSR count). The molecule has 2 heterocycles. The number of halogens is 3. The van der Waals surface area contributed by atoms with Gasteiger partial charge in [-0.2, -0.15) is 13.2 Å². The van der Waals surface area contributed by atoms with E-state index in [4.69, 9.17) is 4.74 Å². The molecule has 2 aromatic heterocycles. The molecule has 1 aliphatic carbocycles. The van der Waals surface area contributed by atoms with Crippen molar-refractivity contribution in [3.8, 4) is 5.88 Å². The third-order valence-corrected chi connectivity index (χ3v) is 4.85. The van der Waals surface area contributed by atoms with E-state index < -0.39 is 11.7 Å². The summed E-state index contributed by atoms with van der Waals surface area (Å²) in [4.78, 5) is 32.4. The van der Waals surface area contributed by atoms with Crippen molar-refractivity contribution in [3.63, 3.8) is 0 Å². The number of ether oxygens (including phenoxy) is 1. The van der Waals surface area contributed by atoms with Crippen LogP contribution in [0.5, 0.6) is 5.88 Å². The Morgan fingerprint density at radius 3 is 2.66 bits per heavy atom. The maximum atomic E-state index is 12.8. The van der Waals surface area contributed by atoms with Gasteiger partial charge in [-0.05, 0) is 49.2 Å². The number of fused-ring (bicyclic) bond motifs is 1. The van der Waals surface area contributed by atoms with Gasteiger partial charge in [0.05, 0.1) is 17.6 Å². The van der Waals surface area contributed by atoms with Gasteiger partial charge in [-0.25, -0.2) is 9.97 Å². The van der Waals surface area contributed by atoms with Crippen molar-refractivity contribution < 1.29 is 27.5 Å². The van der Waals surface area contributed by atoms with Crippen LogP contribution in [0.15, 0.2) is 48.7 Å². The number of benzene rings is 1. The zero-order chi connectivity index (χ0) is 22.7. The number of nitrogens with zero attached hydrogens (tertiary/aromatic N) is 2. The molecule has 0 bridgehead atoms. The van der Waals surface area contributed by atoms with E-state index in [1.54, 1.807) is 0 Å². The van der Waals surface area contributed by atoms with Crippen molar-refractivity contribution in [2.75, 3.05) is 18.5 Å². The van der Waals surface area contributed by atoms with E-state index in [0.717, 1.165) is 25.0 Å². The highest BCUT2D eigenvalue weighted by atomic mass is 19.4. The Morgan fingerprint density at radius 1 is 1.09 bits per heavy atom. The van der Waals surface area contributed by atoms with Crippen LogP contribution in [0.1, 0.15) is 28.8 Å². The van der Waals surface area contributed by atoms with Crippen LogP contribution in [0, 0.1) is 5.92 Å². The van der Waals surface area contributed by atoms with Crippen molar-refractivity contribution in [3.05, 3.63) is 59.8 Å². The second kappa shape index (κ2) is 8.81. The lowest BCUT2D eigenvalue weighted by Crippen LogP contribution is -2.28. The fraction of sp³-hybridized carbons (Fsp3) is 0.273. The Labute approximate surface area is 181 Å². The summed E-state index contributed by atoms with van der Waals surface area (Å²) in [6.45, 7) is 0.291. The van der Waals surface area contributed by atoms with Gasteiger partial charge in [-0.3, -0.25) is 9.59 Å². The molecule has 32 heavy (non-hydrogen) atoms. The largest absolute Gasteiger partial charge is 0.476 e. The topological polar surface area (TPSA) is 93.2 Å². The first-order valence-electron chi connectivity index (χ1n) is 9.95. The van der Waals surface area contributed by atoms with Crippen molar-refractivity contribution in [2.24, 2.45) is 5.92 Å². The predicted octanol–water partition coefficient (Wildman–Crippen LogP) is 3.81. The molecule has 166 valence electrons. The number of alkyl halides is 3. The highest BCUT2D eigenvalue weighted by Gasteiger charge is 2.31. The van der Waals surface area contributed by atoms with E-state index in [2.05, 4.69) is 20.6 Å². The quantitative estimate of drug-likeness (QED) is 0.541. The van der Waals surface area contributed by atoms with E-state index in [1.165, 1.54) is 36.5 Å². The molecule has 3 aromatic rings. The van der Waals surface area contributed by atoms with Crippen LogP contribution in [0.4, 0.5) is 19.0 Å². The standard InChI is InChI=1S/C22H19F3N4O3/c23-22(24,25)16-4-5-17-14(11-16)3-6-19(28-17)32-10-9-27-20(30)15-7-8-26-18(12-15)29-21(31)13-1-2-13/h3-8,11-13H,1-2,9-10H2,(H,27,30)(H,26,29,31). The Hall–Kier alpha value is -3.69. The van der Waals surface area contributed by atoms with Gasteiger partial charge < -0.3 is 15.4 Å². The minimum Gasteiger partial charge on any atom is -0.476 e. The number of pyridine rings is 2. The summed E-state index contributed by atoms with van der Waals surface area (Å²) < 4.78 is 43.9. The first-order chi connectivity index (χ1) is 15.3. The van der Waals surface area contributed by atoms with Crippen LogP contribution >= 0.6 is 0 Å². The number of nitrogens with one attached hydrogen (secondary N) is 2. The Morgan fingerprint density at radius 2 is 1.91 bits per heavy atom. The van der Waals surface area contributed by atoms with Gasteiger partial charge in [-0.15, -0.1) is 0 Å². The van der Waals surface area contributed by atoms with Gasteiger partial charge in [0.1, 0.15) is 12.4 Å². The molecule has 0 unspecified atom stereocenters. The summed E-state index contributed by atoms with van der Waals surface area (Å²) >= 11 is 0. The van der Waals surface area contributed by atoms with Gasteiger partial charge in [0.15, 0.2) is 0 Å². The molecule has 0 saturated heterocycles. The molecule has 1 saturated carbocycles. The fourth-order valence-corrected chi connectivity index (χ4v) is 3.00. The molecule has 1 fully saturated rings. The minimum absolute atomic E-state index is 0.0295. The van der Waals surface area contributed by atoms with Crippen LogP contribution in [-0.2, 0) is 11.0 Å². The molecular weight excluding hydrogens is 425 g/mol. The molecule has 1 aliphatic rings. The molecule has 2 N–H and O–H groups in total. The highest BCUT2D eigenvalue weighted by Crippen LogP contribution is 2.31. The average molecular weight is 444 g/mol. The Kier molecular flexibility index (Phi) is 5.93. The van der Waals surface area contributed by atoms with Gasteiger partial charge in [0.2, 0.25) is 11.8 Å². The summed E-state index contributed by atoms with van der Waals surface area (Å²) in [5, 5.41) is 5.73. The smallest absolute Gasteiger partial charge is 0.416 e. The molecule has 0 atom stereocenters. The third-order valence-electron chi connectivity index (χ3n) is 4.85. The van der Waals surface area contributed by atoms with Gasteiger partial charge >= 0.3 is 6.18 Å². The van der Waals surface area contributed by atoms with Crippen molar-refractivity contribution >= 4 is 28.5 Å².